The maximum absolute atomic E-state index is 11.6. The van der Waals surface area contributed by atoms with Gasteiger partial charge in [-0.15, -0.1) is 0 Å². The SMILES string of the molecule is CCC(C(=O)OC)c1cc(OC2CCCCO2)no1. The van der Waals surface area contributed by atoms with E-state index in [0.29, 0.717) is 24.7 Å². The van der Waals surface area contributed by atoms with E-state index < -0.39 is 5.92 Å². The van der Waals surface area contributed by atoms with Gasteiger partial charge in [-0.25, -0.2) is 0 Å². The number of esters is 1. The Hall–Kier alpha value is -1.56. The van der Waals surface area contributed by atoms with Gasteiger partial charge in [0.05, 0.1) is 13.7 Å². The lowest BCUT2D eigenvalue weighted by Crippen LogP contribution is -2.25. The third kappa shape index (κ3) is 3.47. The van der Waals surface area contributed by atoms with E-state index in [0.717, 1.165) is 19.3 Å². The monoisotopic (exact) mass is 269 g/mol. The van der Waals surface area contributed by atoms with Crippen LogP contribution in [0.5, 0.6) is 5.88 Å². The molecule has 1 aromatic rings. The van der Waals surface area contributed by atoms with Crippen LogP contribution in [-0.4, -0.2) is 31.1 Å². The van der Waals surface area contributed by atoms with E-state index >= 15 is 0 Å². The van der Waals surface area contributed by atoms with Crippen molar-refractivity contribution in [2.75, 3.05) is 13.7 Å². The normalized spacial score (nSPS) is 20.8. The summed E-state index contributed by atoms with van der Waals surface area (Å²) in [7, 11) is 1.36. The highest BCUT2D eigenvalue weighted by molar-refractivity contribution is 5.77. The van der Waals surface area contributed by atoms with Gasteiger partial charge < -0.3 is 18.7 Å². The Balaban J connectivity index is 1.99. The first-order valence-electron chi connectivity index (χ1n) is 6.57. The zero-order chi connectivity index (χ0) is 13.7. The molecule has 6 heteroatoms. The minimum atomic E-state index is -0.442. The van der Waals surface area contributed by atoms with Gasteiger partial charge in [-0.05, 0) is 24.4 Å². The van der Waals surface area contributed by atoms with Crippen molar-refractivity contribution in [2.45, 2.75) is 44.8 Å². The van der Waals surface area contributed by atoms with Crippen molar-refractivity contribution in [1.29, 1.82) is 0 Å². The molecule has 2 rings (SSSR count). The number of hydrogen-bond donors (Lipinski definition) is 0. The van der Waals surface area contributed by atoms with Crippen LogP contribution in [0, 0.1) is 0 Å². The van der Waals surface area contributed by atoms with Crippen LogP contribution in [0.3, 0.4) is 0 Å². The van der Waals surface area contributed by atoms with Crippen LogP contribution in [0.4, 0.5) is 0 Å². The molecule has 1 saturated heterocycles. The molecule has 0 aromatic carbocycles. The van der Waals surface area contributed by atoms with Gasteiger partial charge in [-0.1, -0.05) is 6.92 Å². The lowest BCUT2D eigenvalue weighted by molar-refractivity contribution is -0.143. The van der Waals surface area contributed by atoms with Crippen LogP contribution in [0.15, 0.2) is 10.6 Å². The van der Waals surface area contributed by atoms with Gasteiger partial charge >= 0.3 is 5.97 Å². The minimum absolute atomic E-state index is 0.273. The predicted octanol–water partition coefficient (Wildman–Crippen LogP) is 2.25. The molecule has 0 amide bonds. The van der Waals surface area contributed by atoms with E-state index in [9.17, 15) is 4.79 Å². The maximum atomic E-state index is 11.6. The number of nitrogens with zero attached hydrogens (tertiary/aromatic N) is 1. The topological polar surface area (TPSA) is 70.8 Å². The van der Waals surface area contributed by atoms with Crippen molar-refractivity contribution in [3.05, 3.63) is 11.8 Å². The Morgan fingerprint density at radius 2 is 2.42 bits per heavy atom. The summed E-state index contributed by atoms with van der Waals surface area (Å²) in [5, 5.41) is 3.81. The lowest BCUT2D eigenvalue weighted by atomic mass is 10.0. The van der Waals surface area contributed by atoms with Crippen LogP contribution in [0.2, 0.25) is 0 Å². The molecule has 0 N–H and O–H groups in total. The lowest BCUT2D eigenvalue weighted by Gasteiger charge is -2.21. The Morgan fingerprint density at radius 3 is 3.05 bits per heavy atom. The van der Waals surface area contributed by atoms with Crippen molar-refractivity contribution in [1.82, 2.24) is 5.16 Å². The molecule has 1 aliphatic heterocycles. The molecule has 1 fully saturated rings. The molecule has 2 heterocycles. The number of carbonyl (C=O) groups is 1. The molecule has 19 heavy (non-hydrogen) atoms. The molecule has 0 spiro atoms. The van der Waals surface area contributed by atoms with Crippen LogP contribution >= 0.6 is 0 Å². The second-order valence-corrected chi connectivity index (χ2v) is 4.47. The Morgan fingerprint density at radius 1 is 1.58 bits per heavy atom. The van der Waals surface area contributed by atoms with Gasteiger partial charge in [0.2, 0.25) is 6.29 Å². The van der Waals surface area contributed by atoms with Crippen LogP contribution in [0.25, 0.3) is 0 Å². The predicted molar refractivity (Wildman–Crippen MR) is 65.8 cm³/mol. The molecule has 2 unspecified atom stereocenters. The molecule has 2 atom stereocenters. The Labute approximate surface area is 112 Å². The molecule has 0 aliphatic carbocycles. The molecule has 6 nitrogen and oxygen atoms in total. The maximum Gasteiger partial charge on any atom is 0.316 e. The van der Waals surface area contributed by atoms with Crippen molar-refractivity contribution in [3.63, 3.8) is 0 Å². The van der Waals surface area contributed by atoms with Crippen molar-refractivity contribution < 1.29 is 23.5 Å². The van der Waals surface area contributed by atoms with Crippen molar-refractivity contribution >= 4 is 5.97 Å². The number of rotatable bonds is 5. The number of ether oxygens (including phenoxy) is 3. The van der Waals surface area contributed by atoms with Crippen molar-refractivity contribution in [3.8, 4) is 5.88 Å². The molecule has 106 valence electrons. The van der Waals surface area contributed by atoms with E-state index in [1.54, 1.807) is 6.07 Å². The highest BCUT2D eigenvalue weighted by atomic mass is 16.7. The number of carbonyl (C=O) groups excluding carboxylic acids is 1. The summed E-state index contributed by atoms with van der Waals surface area (Å²) in [4.78, 5) is 11.6. The summed E-state index contributed by atoms with van der Waals surface area (Å²) in [6.07, 6.45) is 3.29. The fraction of sp³-hybridized carbons (Fsp3) is 0.692. The van der Waals surface area contributed by atoms with Gasteiger partial charge in [0, 0.05) is 12.5 Å². The highest BCUT2D eigenvalue weighted by Crippen LogP contribution is 2.26. The Kier molecular flexibility index (Phi) is 4.79. The second kappa shape index (κ2) is 6.56. The van der Waals surface area contributed by atoms with Crippen LogP contribution in [-0.2, 0) is 14.3 Å². The molecular weight excluding hydrogens is 250 g/mol. The van der Waals surface area contributed by atoms with E-state index in [1.807, 2.05) is 6.92 Å². The fourth-order valence-corrected chi connectivity index (χ4v) is 2.06. The van der Waals surface area contributed by atoms with E-state index in [2.05, 4.69) is 5.16 Å². The van der Waals surface area contributed by atoms with Crippen molar-refractivity contribution in [2.24, 2.45) is 0 Å². The quantitative estimate of drug-likeness (QED) is 0.763. The standard InChI is InChI=1S/C13H19NO5/c1-3-9(13(15)16-2)10-8-11(14-19-10)18-12-6-4-5-7-17-12/h8-9,12H,3-7H2,1-2H3. The number of hydrogen-bond acceptors (Lipinski definition) is 6. The number of methoxy groups -OCH3 is 1. The smallest absolute Gasteiger partial charge is 0.316 e. The van der Waals surface area contributed by atoms with Gasteiger partial charge in [-0.2, -0.15) is 0 Å². The second-order valence-electron chi connectivity index (χ2n) is 4.47. The van der Waals surface area contributed by atoms with Gasteiger partial charge in [-0.3, -0.25) is 4.79 Å². The van der Waals surface area contributed by atoms with E-state index in [-0.39, 0.29) is 12.3 Å². The summed E-state index contributed by atoms with van der Waals surface area (Å²) in [5.41, 5.74) is 0. The molecule has 0 radical (unpaired) electrons. The first kappa shape index (κ1) is 13.9. The minimum Gasteiger partial charge on any atom is -0.468 e. The summed E-state index contributed by atoms with van der Waals surface area (Å²) >= 11 is 0. The highest BCUT2D eigenvalue weighted by Gasteiger charge is 2.25. The van der Waals surface area contributed by atoms with Crippen LogP contribution in [0.1, 0.15) is 44.3 Å². The van der Waals surface area contributed by atoms with Crippen LogP contribution < -0.4 is 4.74 Å². The van der Waals surface area contributed by atoms with Gasteiger partial charge in [0.25, 0.3) is 5.88 Å². The van der Waals surface area contributed by atoms with E-state index in [1.165, 1.54) is 7.11 Å². The molecule has 0 saturated carbocycles. The molecule has 1 aliphatic rings. The largest absolute Gasteiger partial charge is 0.468 e. The average Bonchev–Trinajstić information content (AvgIpc) is 2.89. The zero-order valence-corrected chi connectivity index (χ0v) is 11.3. The summed E-state index contributed by atoms with van der Waals surface area (Å²) in [6, 6.07) is 1.63. The molecular formula is C13H19NO5. The third-order valence-electron chi connectivity index (χ3n) is 3.13. The Bertz CT molecular complexity index is 411. The zero-order valence-electron chi connectivity index (χ0n) is 11.3. The first-order chi connectivity index (χ1) is 9.24. The van der Waals surface area contributed by atoms with Gasteiger partial charge in [0.15, 0.2) is 5.76 Å². The van der Waals surface area contributed by atoms with Gasteiger partial charge in [0.1, 0.15) is 5.92 Å². The first-order valence-corrected chi connectivity index (χ1v) is 6.57. The fourth-order valence-electron chi connectivity index (χ4n) is 2.06. The summed E-state index contributed by atoms with van der Waals surface area (Å²) in [6.45, 7) is 2.59. The summed E-state index contributed by atoms with van der Waals surface area (Å²) in [5.74, 6) is 0.0330. The number of aromatic nitrogens is 1. The summed E-state index contributed by atoms with van der Waals surface area (Å²) < 4.78 is 20.9. The van der Waals surface area contributed by atoms with E-state index in [4.69, 9.17) is 18.7 Å². The third-order valence-corrected chi connectivity index (χ3v) is 3.13. The molecule has 1 aromatic heterocycles. The molecule has 0 bridgehead atoms. The average molecular weight is 269 g/mol.